The maximum atomic E-state index is 5.63. The summed E-state index contributed by atoms with van der Waals surface area (Å²) in [6.45, 7) is 5.05. The number of nitrogens with two attached hydrogens (primary N) is 1. The number of thiazole rings is 1. The summed E-state index contributed by atoms with van der Waals surface area (Å²) in [4.78, 5) is 4.69. The van der Waals surface area contributed by atoms with Crippen molar-refractivity contribution in [1.82, 2.24) is 4.98 Å². The second-order valence-electron chi connectivity index (χ2n) is 4.87. The molecule has 2 nitrogen and oxygen atoms in total. The Labute approximate surface area is 113 Å². The molecule has 1 aromatic carbocycles. The summed E-state index contributed by atoms with van der Waals surface area (Å²) >= 11 is 1.75. The van der Waals surface area contributed by atoms with Crippen LogP contribution in [0, 0.1) is 12.8 Å². The molecule has 1 atom stereocenters. The van der Waals surface area contributed by atoms with Crippen molar-refractivity contribution in [3.63, 3.8) is 0 Å². The van der Waals surface area contributed by atoms with E-state index in [4.69, 9.17) is 10.7 Å². The molecule has 0 fully saturated rings. The average Bonchev–Trinajstić information content (AvgIpc) is 2.85. The Balaban J connectivity index is 2.03. The van der Waals surface area contributed by atoms with Gasteiger partial charge in [0, 0.05) is 10.9 Å². The minimum absolute atomic E-state index is 0.580. The fourth-order valence-electron chi connectivity index (χ4n) is 1.77. The predicted molar refractivity (Wildman–Crippen MR) is 78.8 cm³/mol. The summed E-state index contributed by atoms with van der Waals surface area (Å²) < 4.78 is 0. The monoisotopic (exact) mass is 260 g/mol. The molecule has 0 aliphatic heterocycles. The van der Waals surface area contributed by atoms with Crippen LogP contribution in [-0.2, 0) is 6.42 Å². The fourth-order valence-corrected chi connectivity index (χ4v) is 2.59. The standard InChI is InChI=1S/C15H20N2S/c1-11-3-6-13(7-4-11)14-10-18-15(17-14)8-5-12(2)9-16/h3-4,6-7,10,12H,5,8-9,16H2,1-2H3. The van der Waals surface area contributed by atoms with Crippen LogP contribution in [0.15, 0.2) is 29.6 Å². The van der Waals surface area contributed by atoms with E-state index in [0.29, 0.717) is 5.92 Å². The largest absolute Gasteiger partial charge is 0.330 e. The molecule has 2 aromatic rings. The lowest BCUT2D eigenvalue weighted by atomic mass is 10.1. The minimum atomic E-state index is 0.580. The van der Waals surface area contributed by atoms with Gasteiger partial charge in [-0.2, -0.15) is 0 Å². The Morgan fingerprint density at radius 1 is 1.28 bits per heavy atom. The highest BCUT2D eigenvalue weighted by molar-refractivity contribution is 7.09. The van der Waals surface area contributed by atoms with Crippen molar-refractivity contribution in [3.8, 4) is 11.3 Å². The summed E-state index contributed by atoms with van der Waals surface area (Å²) in [6.07, 6.45) is 2.16. The van der Waals surface area contributed by atoms with Gasteiger partial charge in [0.15, 0.2) is 0 Å². The molecule has 18 heavy (non-hydrogen) atoms. The first-order chi connectivity index (χ1) is 8.69. The Hall–Kier alpha value is -1.19. The van der Waals surface area contributed by atoms with E-state index in [0.717, 1.165) is 25.1 Å². The van der Waals surface area contributed by atoms with Gasteiger partial charge in [-0.3, -0.25) is 0 Å². The van der Waals surface area contributed by atoms with Crippen LogP contribution in [0.2, 0.25) is 0 Å². The van der Waals surface area contributed by atoms with Crippen LogP contribution in [0.1, 0.15) is 23.9 Å². The van der Waals surface area contributed by atoms with Gasteiger partial charge in [0.1, 0.15) is 0 Å². The Morgan fingerprint density at radius 2 is 2.00 bits per heavy atom. The molecule has 1 unspecified atom stereocenters. The van der Waals surface area contributed by atoms with Crippen molar-refractivity contribution in [2.24, 2.45) is 11.7 Å². The number of aryl methyl sites for hydroxylation is 2. The van der Waals surface area contributed by atoms with Crippen LogP contribution in [0.5, 0.6) is 0 Å². The van der Waals surface area contributed by atoms with Gasteiger partial charge in [-0.15, -0.1) is 11.3 Å². The van der Waals surface area contributed by atoms with Crippen LogP contribution in [0.25, 0.3) is 11.3 Å². The summed E-state index contributed by atoms with van der Waals surface area (Å²) in [6, 6.07) is 8.53. The zero-order valence-electron chi connectivity index (χ0n) is 11.0. The molecule has 0 aliphatic rings. The molecule has 0 bridgehead atoms. The number of benzene rings is 1. The third kappa shape index (κ3) is 3.40. The molecule has 0 amide bonds. The average molecular weight is 260 g/mol. The maximum absolute atomic E-state index is 5.63. The summed E-state index contributed by atoms with van der Waals surface area (Å²) in [5.41, 5.74) is 9.21. The third-order valence-electron chi connectivity index (χ3n) is 3.15. The first-order valence-corrected chi connectivity index (χ1v) is 7.28. The molecule has 2 rings (SSSR count). The molecule has 1 heterocycles. The predicted octanol–water partition coefficient (Wildman–Crippen LogP) is 3.65. The van der Waals surface area contributed by atoms with Crippen molar-refractivity contribution in [1.29, 1.82) is 0 Å². The van der Waals surface area contributed by atoms with E-state index in [2.05, 4.69) is 43.5 Å². The van der Waals surface area contributed by atoms with E-state index in [1.54, 1.807) is 11.3 Å². The molecule has 1 aromatic heterocycles. The van der Waals surface area contributed by atoms with Crippen LogP contribution < -0.4 is 5.73 Å². The number of hydrogen-bond donors (Lipinski definition) is 1. The Morgan fingerprint density at radius 3 is 2.67 bits per heavy atom. The second-order valence-corrected chi connectivity index (χ2v) is 5.81. The van der Waals surface area contributed by atoms with Crippen molar-refractivity contribution >= 4 is 11.3 Å². The highest BCUT2D eigenvalue weighted by atomic mass is 32.1. The van der Waals surface area contributed by atoms with Crippen molar-refractivity contribution in [2.45, 2.75) is 26.7 Å². The molecule has 0 saturated carbocycles. The molecule has 96 valence electrons. The number of aromatic nitrogens is 1. The minimum Gasteiger partial charge on any atom is -0.330 e. The smallest absolute Gasteiger partial charge is 0.0932 e. The fraction of sp³-hybridized carbons (Fsp3) is 0.400. The lowest BCUT2D eigenvalue weighted by molar-refractivity contribution is 0.544. The topological polar surface area (TPSA) is 38.9 Å². The van der Waals surface area contributed by atoms with E-state index in [1.807, 2.05) is 0 Å². The number of nitrogens with zero attached hydrogens (tertiary/aromatic N) is 1. The zero-order valence-corrected chi connectivity index (χ0v) is 11.8. The molecule has 2 N–H and O–H groups in total. The quantitative estimate of drug-likeness (QED) is 0.891. The first-order valence-electron chi connectivity index (χ1n) is 6.40. The molecule has 0 spiro atoms. The van der Waals surface area contributed by atoms with Gasteiger partial charge in [0.25, 0.3) is 0 Å². The van der Waals surface area contributed by atoms with E-state index in [-0.39, 0.29) is 0 Å². The second kappa shape index (κ2) is 6.12. The van der Waals surface area contributed by atoms with Crippen molar-refractivity contribution < 1.29 is 0 Å². The third-order valence-corrected chi connectivity index (χ3v) is 4.06. The Bertz CT molecular complexity index is 487. The summed E-state index contributed by atoms with van der Waals surface area (Å²) in [5, 5.41) is 3.36. The maximum Gasteiger partial charge on any atom is 0.0932 e. The van der Waals surface area contributed by atoms with Crippen LogP contribution in [-0.4, -0.2) is 11.5 Å². The summed E-state index contributed by atoms with van der Waals surface area (Å²) in [7, 11) is 0. The number of rotatable bonds is 5. The molecule has 0 radical (unpaired) electrons. The van der Waals surface area contributed by atoms with E-state index in [9.17, 15) is 0 Å². The van der Waals surface area contributed by atoms with Gasteiger partial charge in [-0.25, -0.2) is 4.98 Å². The van der Waals surface area contributed by atoms with Gasteiger partial charge < -0.3 is 5.73 Å². The Kier molecular flexibility index (Phi) is 4.50. The van der Waals surface area contributed by atoms with Crippen LogP contribution in [0.3, 0.4) is 0 Å². The van der Waals surface area contributed by atoms with E-state index < -0.39 is 0 Å². The van der Waals surface area contributed by atoms with Crippen molar-refractivity contribution in [3.05, 3.63) is 40.2 Å². The van der Waals surface area contributed by atoms with Gasteiger partial charge in [0.05, 0.1) is 10.7 Å². The molecule has 3 heteroatoms. The van der Waals surface area contributed by atoms with Crippen molar-refractivity contribution in [2.75, 3.05) is 6.54 Å². The van der Waals surface area contributed by atoms with Crippen LogP contribution >= 0.6 is 11.3 Å². The molecular formula is C15H20N2S. The van der Waals surface area contributed by atoms with E-state index >= 15 is 0 Å². The van der Waals surface area contributed by atoms with Gasteiger partial charge in [-0.05, 0) is 32.2 Å². The van der Waals surface area contributed by atoms with E-state index in [1.165, 1.54) is 16.1 Å². The normalized spacial score (nSPS) is 12.6. The van der Waals surface area contributed by atoms with Gasteiger partial charge >= 0.3 is 0 Å². The lowest BCUT2D eigenvalue weighted by Crippen LogP contribution is -2.11. The molecular weight excluding hydrogens is 240 g/mol. The first kappa shape index (κ1) is 13.2. The highest BCUT2D eigenvalue weighted by Gasteiger charge is 2.06. The highest BCUT2D eigenvalue weighted by Crippen LogP contribution is 2.23. The summed E-state index contributed by atoms with van der Waals surface area (Å²) in [5.74, 6) is 0.580. The van der Waals surface area contributed by atoms with Gasteiger partial charge in [0.2, 0.25) is 0 Å². The number of hydrogen-bond acceptors (Lipinski definition) is 3. The molecule has 0 saturated heterocycles. The molecule has 0 aliphatic carbocycles. The van der Waals surface area contributed by atoms with Gasteiger partial charge in [-0.1, -0.05) is 36.8 Å². The SMILES string of the molecule is Cc1ccc(-c2csc(CCC(C)CN)n2)cc1. The van der Waals surface area contributed by atoms with Crippen LogP contribution in [0.4, 0.5) is 0 Å². The zero-order chi connectivity index (χ0) is 13.0. The lowest BCUT2D eigenvalue weighted by Gasteiger charge is -2.05.